The molecule has 0 aromatic heterocycles. The third kappa shape index (κ3) is 4.91. The average Bonchev–Trinajstić information content (AvgIpc) is 2.13. The number of hydrogen-bond acceptors (Lipinski definition) is 4. The van der Waals surface area contributed by atoms with Crippen LogP contribution in [0.15, 0.2) is 0 Å². The highest BCUT2D eigenvalue weighted by Crippen LogP contribution is 2.22. The highest BCUT2D eigenvalue weighted by Gasteiger charge is 2.27. The van der Waals surface area contributed by atoms with Crippen molar-refractivity contribution in [2.45, 2.75) is 31.5 Å². The van der Waals surface area contributed by atoms with E-state index in [0.29, 0.717) is 13.2 Å². The maximum absolute atomic E-state index is 9.00. The third-order valence-corrected chi connectivity index (χ3v) is 2.29. The Balaban J connectivity index is 1.72. The number of ether oxygens (including phenoxy) is 3. The van der Waals surface area contributed by atoms with Crippen LogP contribution in [0.5, 0.6) is 0 Å². The van der Waals surface area contributed by atoms with Gasteiger partial charge in [0.2, 0.25) is 0 Å². The molecule has 0 aromatic carbocycles. The first kappa shape index (κ1) is 11.9. The second-order valence-corrected chi connectivity index (χ2v) is 3.58. The Bertz CT molecular complexity index is 134. The number of rotatable bonds is 8. The SMILES string of the molecule is COCCOCCCOC1CC(O)C1. The van der Waals surface area contributed by atoms with E-state index in [4.69, 9.17) is 19.3 Å². The molecule has 4 nitrogen and oxygen atoms in total. The lowest BCUT2D eigenvalue weighted by Gasteiger charge is -2.31. The second kappa shape index (κ2) is 7.17. The first-order chi connectivity index (χ1) is 6.83. The van der Waals surface area contributed by atoms with Crippen LogP contribution in [0.4, 0.5) is 0 Å². The number of aliphatic hydroxyl groups is 1. The van der Waals surface area contributed by atoms with Crippen LogP contribution >= 0.6 is 0 Å². The molecule has 1 fully saturated rings. The lowest BCUT2D eigenvalue weighted by Crippen LogP contribution is -2.35. The van der Waals surface area contributed by atoms with Crippen molar-refractivity contribution in [1.82, 2.24) is 0 Å². The summed E-state index contributed by atoms with van der Waals surface area (Å²) in [5.74, 6) is 0. The smallest absolute Gasteiger partial charge is 0.0700 e. The highest BCUT2D eigenvalue weighted by molar-refractivity contribution is 4.78. The predicted molar refractivity (Wildman–Crippen MR) is 52.3 cm³/mol. The molecule has 0 heterocycles. The van der Waals surface area contributed by atoms with Gasteiger partial charge in [-0.15, -0.1) is 0 Å². The van der Waals surface area contributed by atoms with Crippen molar-refractivity contribution in [3.8, 4) is 0 Å². The Morgan fingerprint density at radius 2 is 1.93 bits per heavy atom. The third-order valence-electron chi connectivity index (χ3n) is 2.29. The second-order valence-electron chi connectivity index (χ2n) is 3.58. The van der Waals surface area contributed by atoms with E-state index < -0.39 is 0 Å². The van der Waals surface area contributed by atoms with E-state index in [0.717, 1.165) is 32.5 Å². The number of methoxy groups -OCH3 is 1. The molecule has 0 radical (unpaired) electrons. The summed E-state index contributed by atoms with van der Waals surface area (Å²) in [6.07, 6.45) is 2.66. The molecule has 1 aliphatic carbocycles. The Kier molecular flexibility index (Phi) is 6.10. The summed E-state index contributed by atoms with van der Waals surface area (Å²) >= 11 is 0. The summed E-state index contributed by atoms with van der Waals surface area (Å²) in [6, 6.07) is 0. The Hall–Kier alpha value is -0.160. The lowest BCUT2D eigenvalue weighted by atomic mass is 9.92. The maximum atomic E-state index is 9.00. The van der Waals surface area contributed by atoms with Gasteiger partial charge in [-0.1, -0.05) is 0 Å². The van der Waals surface area contributed by atoms with E-state index in [1.807, 2.05) is 0 Å². The van der Waals surface area contributed by atoms with Gasteiger partial charge in [0.25, 0.3) is 0 Å². The molecule has 0 atom stereocenters. The molecule has 0 unspecified atom stereocenters. The summed E-state index contributed by atoms with van der Waals surface area (Å²) < 4.78 is 15.6. The predicted octanol–water partition coefficient (Wildman–Crippen LogP) is 0.579. The van der Waals surface area contributed by atoms with Gasteiger partial charge in [0, 0.05) is 20.3 Å². The van der Waals surface area contributed by atoms with Crippen LogP contribution in [0.3, 0.4) is 0 Å². The zero-order valence-corrected chi connectivity index (χ0v) is 8.78. The Morgan fingerprint density at radius 3 is 2.57 bits per heavy atom. The van der Waals surface area contributed by atoms with Crippen molar-refractivity contribution in [2.75, 3.05) is 33.5 Å². The topological polar surface area (TPSA) is 47.9 Å². The number of aliphatic hydroxyl groups excluding tert-OH is 1. The van der Waals surface area contributed by atoms with Crippen molar-refractivity contribution in [2.24, 2.45) is 0 Å². The van der Waals surface area contributed by atoms with Crippen LogP contribution in [0, 0.1) is 0 Å². The minimum absolute atomic E-state index is 0.127. The van der Waals surface area contributed by atoms with Crippen molar-refractivity contribution < 1.29 is 19.3 Å². The molecule has 0 amide bonds. The molecule has 0 bridgehead atoms. The van der Waals surface area contributed by atoms with E-state index >= 15 is 0 Å². The van der Waals surface area contributed by atoms with E-state index in [-0.39, 0.29) is 12.2 Å². The van der Waals surface area contributed by atoms with E-state index in [9.17, 15) is 0 Å². The molecular weight excluding hydrogens is 184 g/mol. The largest absolute Gasteiger partial charge is 0.393 e. The van der Waals surface area contributed by atoms with Gasteiger partial charge < -0.3 is 19.3 Å². The zero-order chi connectivity index (χ0) is 10.2. The lowest BCUT2D eigenvalue weighted by molar-refractivity contribution is -0.0748. The minimum atomic E-state index is -0.127. The first-order valence-electron chi connectivity index (χ1n) is 5.19. The van der Waals surface area contributed by atoms with Crippen LogP contribution in [0.1, 0.15) is 19.3 Å². The van der Waals surface area contributed by atoms with Crippen LogP contribution < -0.4 is 0 Å². The summed E-state index contributed by atoms with van der Waals surface area (Å²) in [5, 5.41) is 9.00. The molecule has 1 saturated carbocycles. The Morgan fingerprint density at radius 1 is 1.14 bits per heavy atom. The highest BCUT2D eigenvalue weighted by atomic mass is 16.5. The molecule has 0 aliphatic heterocycles. The molecule has 14 heavy (non-hydrogen) atoms. The molecule has 0 aromatic rings. The van der Waals surface area contributed by atoms with Crippen molar-refractivity contribution >= 4 is 0 Å². The monoisotopic (exact) mass is 204 g/mol. The molecule has 84 valence electrons. The van der Waals surface area contributed by atoms with E-state index in [1.165, 1.54) is 0 Å². The van der Waals surface area contributed by atoms with Crippen molar-refractivity contribution in [3.63, 3.8) is 0 Å². The van der Waals surface area contributed by atoms with Crippen LogP contribution in [-0.4, -0.2) is 50.9 Å². The first-order valence-corrected chi connectivity index (χ1v) is 5.19. The van der Waals surface area contributed by atoms with E-state index in [1.54, 1.807) is 7.11 Å². The van der Waals surface area contributed by atoms with E-state index in [2.05, 4.69) is 0 Å². The van der Waals surface area contributed by atoms with Gasteiger partial charge in [-0.25, -0.2) is 0 Å². The average molecular weight is 204 g/mol. The molecule has 0 saturated heterocycles. The molecule has 1 rings (SSSR count). The molecule has 0 spiro atoms. The van der Waals surface area contributed by atoms with Crippen molar-refractivity contribution in [1.29, 1.82) is 0 Å². The van der Waals surface area contributed by atoms with Gasteiger partial charge in [0.15, 0.2) is 0 Å². The molecule has 1 aliphatic rings. The summed E-state index contributed by atoms with van der Waals surface area (Å²) in [4.78, 5) is 0. The van der Waals surface area contributed by atoms with Gasteiger partial charge >= 0.3 is 0 Å². The fourth-order valence-electron chi connectivity index (χ4n) is 1.33. The maximum Gasteiger partial charge on any atom is 0.0700 e. The molecule has 1 N–H and O–H groups in total. The molecule has 4 heteroatoms. The Labute approximate surface area is 85.2 Å². The summed E-state index contributed by atoms with van der Waals surface area (Å²) in [5.41, 5.74) is 0. The van der Waals surface area contributed by atoms with Gasteiger partial charge in [-0.2, -0.15) is 0 Å². The minimum Gasteiger partial charge on any atom is -0.393 e. The summed E-state index contributed by atoms with van der Waals surface area (Å²) in [6.45, 7) is 2.75. The zero-order valence-electron chi connectivity index (χ0n) is 8.78. The normalized spacial score (nSPS) is 26.1. The standard InChI is InChI=1S/C10H20O4/c1-12-5-6-13-3-2-4-14-10-7-9(11)8-10/h9-11H,2-8H2,1H3. The van der Waals surface area contributed by atoms with Crippen molar-refractivity contribution in [3.05, 3.63) is 0 Å². The number of hydrogen-bond donors (Lipinski definition) is 1. The van der Waals surface area contributed by atoms with Crippen LogP contribution in [0.25, 0.3) is 0 Å². The van der Waals surface area contributed by atoms with Gasteiger partial charge in [-0.05, 0) is 19.3 Å². The van der Waals surface area contributed by atoms with Gasteiger partial charge in [0.05, 0.1) is 25.4 Å². The van der Waals surface area contributed by atoms with Gasteiger partial charge in [-0.3, -0.25) is 0 Å². The van der Waals surface area contributed by atoms with Crippen LogP contribution in [-0.2, 0) is 14.2 Å². The quantitative estimate of drug-likeness (QED) is 0.587. The van der Waals surface area contributed by atoms with Gasteiger partial charge in [0.1, 0.15) is 0 Å². The summed E-state index contributed by atoms with van der Waals surface area (Å²) in [7, 11) is 1.66. The fraction of sp³-hybridized carbons (Fsp3) is 1.00. The van der Waals surface area contributed by atoms with Crippen LogP contribution in [0.2, 0.25) is 0 Å². The fourth-order valence-corrected chi connectivity index (χ4v) is 1.33. The molecular formula is C10H20O4.